The molecule has 0 unspecified atom stereocenters. The molecule has 0 saturated heterocycles. The van der Waals surface area contributed by atoms with Gasteiger partial charge in [0.15, 0.2) is 0 Å². The maximum absolute atomic E-state index is 7.32. The first-order chi connectivity index (χ1) is 2.41. The topological polar surface area (TPSA) is 47.6 Å². The van der Waals surface area contributed by atoms with Crippen molar-refractivity contribution in [2.75, 3.05) is 0 Å². The van der Waals surface area contributed by atoms with Gasteiger partial charge in [0, 0.05) is 6.92 Å². The smallest absolute Gasteiger partial charge is 0.512 e. The van der Waals surface area contributed by atoms with Crippen LogP contribution in [0, 0.1) is 23.2 Å². The zero-order chi connectivity index (χ0) is 4.71. The zero-order valence-electron chi connectivity index (χ0n) is 3.89. The Labute approximate surface area is 80.2 Å². The maximum atomic E-state index is 7.32. The molecule has 0 amide bonds. The van der Waals surface area contributed by atoms with Crippen LogP contribution < -0.4 is 51.4 Å². The molecule has 0 aliphatic carbocycles. The number of rotatable bonds is 0. The van der Waals surface area contributed by atoms with E-state index in [1.54, 1.807) is 6.07 Å². The molecule has 0 rings (SSSR count). The Morgan fingerprint density at radius 3 is 1.50 bits per heavy atom. The Bertz CT molecular complexity index is 51.5. The molecule has 0 saturated carbocycles. The number of hydrogen-bond acceptors (Lipinski definition) is 2. The van der Waals surface area contributed by atoms with E-state index in [1.807, 2.05) is 0 Å². The molecule has 0 heterocycles. The SMILES string of the molecule is CC#N.[C-]#N.[K+]. The van der Waals surface area contributed by atoms with Crippen molar-refractivity contribution in [3.8, 4) is 6.07 Å². The van der Waals surface area contributed by atoms with Gasteiger partial charge in [-0.25, -0.2) is 0 Å². The van der Waals surface area contributed by atoms with Crippen molar-refractivity contribution in [2.45, 2.75) is 6.92 Å². The molecule has 0 aromatic heterocycles. The van der Waals surface area contributed by atoms with Gasteiger partial charge in [0.25, 0.3) is 0 Å². The summed E-state index contributed by atoms with van der Waals surface area (Å²) in [5.41, 5.74) is 0. The van der Waals surface area contributed by atoms with Gasteiger partial charge < -0.3 is 11.8 Å². The van der Waals surface area contributed by atoms with Gasteiger partial charge in [-0.2, -0.15) is 5.26 Å². The molecule has 0 aliphatic heterocycles. The van der Waals surface area contributed by atoms with Gasteiger partial charge >= 0.3 is 51.4 Å². The largest absolute Gasteiger partial charge is 1.00 e. The minimum absolute atomic E-state index is 0. The van der Waals surface area contributed by atoms with Crippen LogP contribution in [0.15, 0.2) is 0 Å². The van der Waals surface area contributed by atoms with E-state index in [0.717, 1.165) is 0 Å². The Balaban J connectivity index is -0.0000000275. The van der Waals surface area contributed by atoms with Crippen LogP contribution >= 0.6 is 0 Å². The molecular weight excluding hydrogens is 103 g/mol. The third-order valence-electron chi connectivity index (χ3n) is 0. The van der Waals surface area contributed by atoms with Gasteiger partial charge in [-0.05, 0) is 0 Å². The molecule has 2 nitrogen and oxygen atoms in total. The van der Waals surface area contributed by atoms with E-state index in [2.05, 4.69) is 0 Å². The third kappa shape index (κ3) is 159. The van der Waals surface area contributed by atoms with Gasteiger partial charge in [-0.15, -0.1) is 0 Å². The summed E-state index contributed by atoms with van der Waals surface area (Å²) in [6.07, 6.45) is 0. The van der Waals surface area contributed by atoms with E-state index in [9.17, 15) is 0 Å². The Hall–Kier alpha value is 0.616. The third-order valence-corrected chi connectivity index (χ3v) is 0. The number of nitrogens with zero attached hydrogens (tertiary/aromatic N) is 2. The van der Waals surface area contributed by atoms with Gasteiger partial charge in [0.1, 0.15) is 0 Å². The summed E-state index contributed by atoms with van der Waals surface area (Å²) in [5.74, 6) is 0. The standard InChI is InChI=1S/C2H3N.CN.K/c1-2-3;1-2;/h1H3;;/q;-1;+1. The van der Waals surface area contributed by atoms with Crippen molar-refractivity contribution in [2.24, 2.45) is 0 Å². The first-order valence-corrected chi connectivity index (χ1v) is 0.947. The van der Waals surface area contributed by atoms with E-state index >= 15 is 0 Å². The summed E-state index contributed by atoms with van der Waals surface area (Å²) in [5, 5.41) is 13.6. The van der Waals surface area contributed by atoms with Gasteiger partial charge in [0.05, 0.1) is 6.07 Å². The van der Waals surface area contributed by atoms with Crippen LogP contribution in [-0.4, -0.2) is 0 Å². The second kappa shape index (κ2) is 45.8. The molecule has 0 atom stereocenters. The molecule has 0 aliphatic rings. The molecule has 0 radical (unpaired) electrons. The van der Waals surface area contributed by atoms with E-state index in [4.69, 9.17) is 17.1 Å². The molecule has 0 aromatic rings. The molecule has 0 spiro atoms. The first-order valence-electron chi connectivity index (χ1n) is 0.947. The number of hydrogen-bond donors (Lipinski definition) is 0. The minimum atomic E-state index is 0. The number of nitriles is 1. The van der Waals surface area contributed by atoms with Crippen molar-refractivity contribution in [1.82, 2.24) is 0 Å². The van der Waals surface area contributed by atoms with Gasteiger partial charge in [0.2, 0.25) is 0 Å². The summed E-state index contributed by atoms with van der Waals surface area (Å²) in [7, 11) is 0. The van der Waals surface area contributed by atoms with E-state index < -0.39 is 0 Å². The molecule has 0 bridgehead atoms. The summed E-state index contributed by atoms with van der Waals surface area (Å²) < 4.78 is 0. The van der Waals surface area contributed by atoms with Crippen LogP contribution in [0.1, 0.15) is 6.92 Å². The molecule has 26 valence electrons. The monoisotopic (exact) mass is 106 g/mol. The Morgan fingerprint density at radius 2 is 1.50 bits per heavy atom. The summed E-state index contributed by atoms with van der Waals surface area (Å²) in [6, 6.07) is 1.75. The van der Waals surface area contributed by atoms with Crippen LogP contribution in [0.2, 0.25) is 0 Å². The molecule has 0 aromatic carbocycles. The van der Waals surface area contributed by atoms with Crippen LogP contribution in [0.25, 0.3) is 0 Å². The minimum Gasteiger partial charge on any atom is -0.512 e. The fourth-order valence-electron chi connectivity index (χ4n) is 0. The molecule has 6 heavy (non-hydrogen) atoms. The predicted molar refractivity (Wildman–Crippen MR) is 16.3 cm³/mol. The second-order valence-electron chi connectivity index (χ2n) is 0.224. The van der Waals surface area contributed by atoms with Crippen molar-refractivity contribution < 1.29 is 51.4 Å². The summed E-state index contributed by atoms with van der Waals surface area (Å²) in [6.45, 7) is 6.18. The molecule has 3 heteroatoms. The summed E-state index contributed by atoms with van der Waals surface area (Å²) >= 11 is 0. The van der Waals surface area contributed by atoms with E-state index in [1.165, 1.54) is 6.92 Å². The Kier molecular flexibility index (Phi) is 122. The van der Waals surface area contributed by atoms with Crippen molar-refractivity contribution in [3.05, 3.63) is 6.57 Å². The van der Waals surface area contributed by atoms with Crippen molar-refractivity contribution in [3.63, 3.8) is 0 Å². The summed E-state index contributed by atoms with van der Waals surface area (Å²) in [4.78, 5) is 0. The van der Waals surface area contributed by atoms with Crippen LogP contribution in [0.5, 0.6) is 0 Å². The normalized spacial score (nSPS) is 1.67. The van der Waals surface area contributed by atoms with Crippen LogP contribution in [0.3, 0.4) is 0 Å². The molecular formula is C3H3KN2. The molecule has 0 N–H and O–H groups in total. The maximum Gasteiger partial charge on any atom is 1.00 e. The van der Waals surface area contributed by atoms with Gasteiger partial charge in [-0.3, -0.25) is 0 Å². The fraction of sp³-hybridized carbons (Fsp3) is 0.333. The van der Waals surface area contributed by atoms with Crippen LogP contribution in [-0.2, 0) is 0 Å². The average Bonchev–Trinajstić information content (AvgIpc) is 1.46. The quantitative estimate of drug-likeness (QED) is 0.256. The van der Waals surface area contributed by atoms with E-state index in [0.29, 0.717) is 0 Å². The van der Waals surface area contributed by atoms with E-state index in [-0.39, 0.29) is 51.4 Å². The van der Waals surface area contributed by atoms with Gasteiger partial charge in [-0.1, -0.05) is 0 Å². The average molecular weight is 106 g/mol. The van der Waals surface area contributed by atoms with Crippen molar-refractivity contribution >= 4 is 0 Å². The predicted octanol–water partition coefficient (Wildman–Crippen LogP) is -2.37. The Morgan fingerprint density at radius 1 is 1.50 bits per heavy atom. The zero-order valence-corrected chi connectivity index (χ0v) is 7.02. The fourth-order valence-corrected chi connectivity index (χ4v) is 0. The first kappa shape index (κ1) is 16.0. The molecule has 0 fully saturated rings. The second-order valence-corrected chi connectivity index (χ2v) is 0.224. The van der Waals surface area contributed by atoms with Crippen LogP contribution in [0.4, 0.5) is 0 Å². The van der Waals surface area contributed by atoms with Crippen molar-refractivity contribution in [1.29, 1.82) is 10.5 Å².